The summed E-state index contributed by atoms with van der Waals surface area (Å²) in [5, 5.41) is 0. The molecule has 0 bridgehead atoms. The third-order valence-corrected chi connectivity index (χ3v) is 3.82. The third-order valence-electron chi connectivity index (χ3n) is 3.82. The Morgan fingerprint density at radius 1 is 1.36 bits per heavy atom. The summed E-state index contributed by atoms with van der Waals surface area (Å²) >= 11 is 0. The fourth-order valence-corrected chi connectivity index (χ4v) is 3.12. The molecule has 0 aromatic heterocycles. The van der Waals surface area contributed by atoms with Crippen molar-refractivity contribution in [3.63, 3.8) is 0 Å². The highest BCUT2D eigenvalue weighted by Gasteiger charge is 2.44. The molecule has 1 saturated heterocycles. The Hall–Kier alpha value is -0.730. The normalized spacial score (nSPS) is 26.0. The van der Waals surface area contributed by atoms with E-state index >= 15 is 0 Å². The summed E-state index contributed by atoms with van der Waals surface area (Å²) in [6, 6.07) is 0. The van der Waals surface area contributed by atoms with E-state index in [0.717, 1.165) is 19.0 Å². The fraction of sp³-hybridized carbons (Fsp3) is 0.909. The molecule has 3 heteroatoms. The van der Waals surface area contributed by atoms with Crippen molar-refractivity contribution in [3.8, 4) is 0 Å². The minimum absolute atomic E-state index is 0.160. The maximum atomic E-state index is 11.3. The Bertz CT molecular complexity index is 223. The largest absolute Gasteiger partial charge is 0.453 e. The predicted octanol–water partition coefficient (Wildman–Crippen LogP) is 2.26. The van der Waals surface area contributed by atoms with Crippen molar-refractivity contribution >= 4 is 6.09 Å². The van der Waals surface area contributed by atoms with E-state index in [2.05, 4.69) is 6.92 Å². The van der Waals surface area contributed by atoms with Crippen LogP contribution in [0.5, 0.6) is 0 Å². The average Bonchev–Trinajstić information content (AvgIpc) is 2.16. The van der Waals surface area contributed by atoms with Crippen LogP contribution in [0, 0.1) is 11.3 Å². The first kappa shape index (κ1) is 9.81. The number of amides is 1. The van der Waals surface area contributed by atoms with Gasteiger partial charge in [-0.3, -0.25) is 0 Å². The lowest BCUT2D eigenvalue weighted by molar-refractivity contribution is -0.00396. The van der Waals surface area contributed by atoms with Gasteiger partial charge in [0.2, 0.25) is 0 Å². The van der Waals surface area contributed by atoms with Gasteiger partial charge in [0.15, 0.2) is 0 Å². The lowest BCUT2D eigenvalue weighted by Crippen LogP contribution is -2.48. The standard InChI is InChI=1S/C11H19NO2/c1-9-7-11(8-9)3-5-12(6-4-11)10(13)14-2/h9H,3-8H2,1-2H3. The van der Waals surface area contributed by atoms with Crippen LogP contribution < -0.4 is 0 Å². The molecule has 80 valence electrons. The Balaban J connectivity index is 1.84. The van der Waals surface area contributed by atoms with Crippen molar-refractivity contribution in [1.29, 1.82) is 0 Å². The molecule has 1 spiro atoms. The first-order chi connectivity index (χ1) is 6.65. The topological polar surface area (TPSA) is 29.5 Å². The van der Waals surface area contributed by atoms with Crippen molar-refractivity contribution in [2.75, 3.05) is 20.2 Å². The molecule has 2 fully saturated rings. The number of carbonyl (C=O) groups excluding carboxylic acids is 1. The number of carbonyl (C=O) groups is 1. The monoisotopic (exact) mass is 197 g/mol. The molecule has 0 atom stereocenters. The molecule has 0 aromatic rings. The number of piperidine rings is 1. The molecule has 1 aliphatic heterocycles. The first-order valence-electron chi connectivity index (χ1n) is 5.48. The van der Waals surface area contributed by atoms with Crippen molar-refractivity contribution in [3.05, 3.63) is 0 Å². The van der Waals surface area contributed by atoms with Gasteiger partial charge < -0.3 is 9.64 Å². The summed E-state index contributed by atoms with van der Waals surface area (Å²) in [4.78, 5) is 13.1. The fourth-order valence-electron chi connectivity index (χ4n) is 3.12. The molecule has 1 saturated carbocycles. The Morgan fingerprint density at radius 2 is 1.93 bits per heavy atom. The molecule has 1 heterocycles. The number of methoxy groups -OCH3 is 1. The van der Waals surface area contributed by atoms with Gasteiger partial charge in [0, 0.05) is 13.1 Å². The van der Waals surface area contributed by atoms with Gasteiger partial charge in [-0.2, -0.15) is 0 Å². The van der Waals surface area contributed by atoms with Crippen LogP contribution in [0.4, 0.5) is 4.79 Å². The molecule has 0 aromatic carbocycles. The zero-order chi connectivity index (χ0) is 10.2. The summed E-state index contributed by atoms with van der Waals surface area (Å²) in [5.74, 6) is 0.902. The highest BCUT2D eigenvalue weighted by molar-refractivity contribution is 5.67. The Labute approximate surface area is 85.4 Å². The quantitative estimate of drug-likeness (QED) is 0.596. The van der Waals surface area contributed by atoms with Crippen LogP contribution in [-0.4, -0.2) is 31.2 Å². The molecule has 0 radical (unpaired) electrons. The lowest BCUT2D eigenvalue weighted by atomic mass is 9.58. The van der Waals surface area contributed by atoms with E-state index in [-0.39, 0.29) is 6.09 Å². The average molecular weight is 197 g/mol. The second kappa shape index (κ2) is 3.44. The number of ether oxygens (including phenoxy) is 1. The van der Waals surface area contributed by atoms with Gasteiger partial charge in [0.25, 0.3) is 0 Å². The molecule has 2 aliphatic rings. The van der Waals surface area contributed by atoms with Crippen LogP contribution in [0.25, 0.3) is 0 Å². The van der Waals surface area contributed by atoms with E-state index in [4.69, 9.17) is 4.74 Å². The molecule has 14 heavy (non-hydrogen) atoms. The van der Waals surface area contributed by atoms with E-state index in [1.807, 2.05) is 4.90 Å². The molecule has 1 amide bonds. The van der Waals surface area contributed by atoms with E-state index in [0.29, 0.717) is 5.41 Å². The van der Waals surface area contributed by atoms with Crippen LogP contribution in [0.3, 0.4) is 0 Å². The summed E-state index contributed by atoms with van der Waals surface area (Å²) < 4.78 is 4.72. The smallest absolute Gasteiger partial charge is 0.409 e. The third kappa shape index (κ3) is 1.60. The van der Waals surface area contributed by atoms with Crippen LogP contribution in [0.15, 0.2) is 0 Å². The van der Waals surface area contributed by atoms with Crippen molar-refractivity contribution in [2.45, 2.75) is 32.6 Å². The maximum absolute atomic E-state index is 11.3. The highest BCUT2D eigenvalue weighted by Crippen LogP contribution is 2.52. The van der Waals surface area contributed by atoms with Crippen LogP contribution in [-0.2, 0) is 4.74 Å². The molecule has 0 N–H and O–H groups in total. The second-order valence-corrected chi connectivity index (χ2v) is 4.97. The van der Waals surface area contributed by atoms with Gasteiger partial charge in [0.05, 0.1) is 7.11 Å². The summed E-state index contributed by atoms with van der Waals surface area (Å²) in [5.41, 5.74) is 0.587. The zero-order valence-electron chi connectivity index (χ0n) is 9.08. The SMILES string of the molecule is COC(=O)N1CCC2(CC1)CC(C)C2. The number of rotatable bonds is 0. The van der Waals surface area contributed by atoms with Crippen molar-refractivity contribution in [2.24, 2.45) is 11.3 Å². The van der Waals surface area contributed by atoms with E-state index in [1.54, 1.807) is 0 Å². The van der Waals surface area contributed by atoms with Crippen molar-refractivity contribution in [1.82, 2.24) is 4.90 Å². The number of hydrogen-bond donors (Lipinski definition) is 0. The van der Waals surface area contributed by atoms with E-state index in [9.17, 15) is 4.79 Å². The van der Waals surface area contributed by atoms with Crippen LogP contribution >= 0.6 is 0 Å². The first-order valence-corrected chi connectivity index (χ1v) is 5.48. The van der Waals surface area contributed by atoms with Crippen LogP contribution in [0.1, 0.15) is 32.6 Å². The molecular formula is C11H19NO2. The number of nitrogens with zero attached hydrogens (tertiary/aromatic N) is 1. The summed E-state index contributed by atoms with van der Waals surface area (Å²) in [7, 11) is 1.46. The predicted molar refractivity (Wildman–Crippen MR) is 54.0 cm³/mol. The second-order valence-electron chi connectivity index (χ2n) is 4.97. The Morgan fingerprint density at radius 3 is 2.36 bits per heavy atom. The molecular weight excluding hydrogens is 178 g/mol. The van der Waals surface area contributed by atoms with E-state index in [1.165, 1.54) is 32.8 Å². The van der Waals surface area contributed by atoms with Crippen LogP contribution in [0.2, 0.25) is 0 Å². The minimum Gasteiger partial charge on any atom is -0.453 e. The van der Waals surface area contributed by atoms with Crippen molar-refractivity contribution < 1.29 is 9.53 Å². The molecule has 0 unspecified atom stereocenters. The minimum atomic E-state index is -0.160. The number of likely N-dealkylation sites (tertiary alicyclic amines) is 1. The maximum Gasteiger partial charge on any atom is 0.409 e. The Kier molecular flexibility index (Phi) is 2.41. The summed E-state index contributed by atoms with van der Waals surface area (Å²) in [6.45, 7) is 4.09. The molecule has 1 aliphatic carbocycles. The zero-order valence-corrected chi connectivity index (χ0v) is 9.08. The molecule has 3 nitrogen and oxygen atoms in total. The van der Waals surface area contributed by atoms with Gasteiger partial charge in [-0.1, -0.05) is 6.92 Å². The molecule has 2 rings (SSSR count). The lowest BCUT2D eigenvalue weighted by Gasteiger charge is -2.51. The van der Waals surface area contributed by atoms with Gasteiger partial charge in [-0.15, -0.1) is 0 Å². The van der Waals surface area contributed by atoms with E-state index < -0.39 is 0 Å². The summed E-state index contributed by atoms with van der Waals surface area (Å²) in [6.07, 6.45) is 4.91. The number of hydrogen-bond acceptors (Lipinski definition) is 2. The van der Waals surface area contributed by atoms with Gasteiger partial charge >= 0.3 is 6.09 Å². The van der Waals surface area contributed by atoms with Gasteiger partial charge in [-0.05, 0) is 37.0 Å². The highest BCUT2D eigenvalue weighted by atomic mass is 16.5. The van der Waals surface area contributed by atoms with Gasteiger partial charge in [0.1, 0.15) is 0 Å². The van der Waals surface area contributed by atoms with Gasteiger partial charge in [-0.25, -0.2) is 4.79 Å².